The highest BCUT2D eigenvalue weighted by atomic mass is 19.3. The second-order valence-corrected chi connectivity index (χ2v) is 8.91. The molecule has 0 amide bonds. The quantitative estimate of drug-likeness (QED) is 0.795. The van der Waals surface area contributed by atoms with Crippen LogP contribution in [0.25, 0.3) is 0 Å². The van der Waals surface area contributed by atoms with Gasteiger partial charge in [0.2, 0.25) is 5.95 Å². The third-order valence-electron chi connectivity index (χ3n) is 7.15. The van der Waals surface area contributed by atoms with Gasteiger partial charge >= 0.3 is 5.97 Å². The Morgan fingerprint density at radius 1 is 1.25 bits per heavy atom. The predicted molar refractivity (Wildman–Crippen MR) is 99.8 cm³/mol. The largest absolute Gasteiger partial charge is 0.481 e. The van der Waals surface area contributed by atoms with Crippen molar-refractivity contribution in [3.63, 3.8) is 0 Å². The topological polar surface area (TPSA) is 69.6 Å². The first kappa shape index (κ1) is 18.1. The Balaban J connectivity index is 1.49. The number of piperidine rings is 1. The van der Waals surface area contributed by atoms with E-state index in [-0.39, 0.29) is 30.5 Å². The molecule has 1 aromatic rings. The molecular weight excluding hydrogens is 366 g/mol. The highest BCUT2D eigenvalue weighted by molar-refractivity contribution is 5.68. The fraction of sp³-hybridized carbons (Fsp3) is 0.750. The van der Waals surface area contributed by atoms with Crippen LogP contribution in [0.5, 0.6) is 0 Å². The summed E-state index contributed by atoms with van der Waals surface area (Å²) in [6.07, 6.45) is 2.87. The predicted octanol–water partition coefficient (Wildman–Crippen LogP) is 3.05. The van der Waals surface area contributed by atoms with E-state index in [2.05, 4.69) is 16.8 Å². The molecule has 0 radical (unpaired) electrons. The molecule has 6 nitrogen and oxygen atoms in total. The van der Waals surface area contributed by atoms with Gasteiger partial charge in [-0.15, -0.1) is 0 Å². The number of aliphatic carboxylic acids is 1. The molecule has 5 rings (SSSR count). The summed E-state index contributed by atoms with van der Waals surface area (Å²) in [5.74, 6) is -1.65. The van der Waals surface area contributed by atoms with Crippen LogP contribution in [0, 0.1) is 17.8 Å². The zero-order valence-corrected chi connectivity index (χ0v) is 16.1. The summed E-state index contributed by atoms with van der Waals surface area (Å²) >= 11 is 0. The third-order valence-corrected chi connectivity index (χ3v) is 7.15. The highest BCUT2D eigenvalue weighted by Crippen LogP contribution is 2.55. The van der Waals surface area contributed by atoms with Crippen molar-refractivity contribution < 1.29 is 18.7 Å². The maximum atomic E-state index is 14.9. The number of halogens is 2. The van der Waals surface area contributed by atoms with Gasteiger partial charge in [0.15, 0.2) is 0 Å². The third kappa shape index (κ3) is 2.83. The molecule has 1 saturated carbocycles. The number of fused-ring (bicyclic) bond motifs is 2. The van der Waals surface area contributed by atoms with E-state index in [9.17, 15) is 13.6 Å². The van der Waals surface area contributed by atoms with Crippen LogP contribution in [0.15, 0.2) is 0 Å². The van der Waals surface area contributed by atoms with Crippen molar-refractivity contribution in [3.05, 3.63) is 11.3 Å². The summed E-state index contributed by atoms with van der Waals surface area (Å²) in [6, 6.07) is 0.275. The van der Waals surface area contributed by atoms with Crippen molar-refractivity contribution in [1.29, 1.82) is 0 Å². The fourth-order valence-corrected chi connectivity index (χ4v) is 5.29. The average molecular weight is 392 g/mol. The molecule has 0 aromatic carbocycles. The number of rotatable bonds is 4. The zero-order valence-electron chi connectivity index (χ0n) is 16.1. The normalized spacial score (nSPS) is 33.0. The van der Waals surface area contributed by atoms with Gasteiger partial charge in [-0.3, -0.25) is 4.79 Å². The molecule has 1 unspecified atom stereocenters. The van der Waals surface area contributed by atoms with Crippen LogP contribution in [-0.2, 0) is 17.1 Å². The van der Waals surface area contributed by atoms with Crippen LogP contribution in [0.2, 0.25) is 0 Å². The Bertz CT molecular complexity index is 806. The molecule has 2 aliphatic heterocycles. The van der Waals surface area contributed by atoms with Gasteiger partial charge in [0.25, 0.3) is 5.92 Å². The highest BCUT2D eigenvalue weighted by Gasteiger charge is 2.57. The van der Waals surface area contributed by atoms with E-state index in [0.717, 1.165) is 19.4 Å². The minimum Gasteiger partial charge on any atom is -0.481 e. The molecule has 4 atom stereocenters. The lowest BCUT2D eigenvalue weighted by molar-refractivity contribution is -0.137. The van der Waals surface area contributed by atoms with E-state index in [0.29, 0.717) is 55.1 Å². The van der Waals surface area contributed by atoms with Gasteiger partial charge in [-0.1, -0.05) is 0 Å². The van der Waals surface area contributed by atoms with E-state index in [4.69, 9.17) is 10.1 Å². The molecule has 0 spiro atoms. The van der Waals surface area contributed by atoms with Crippen molar-refractivity contribution in [2.24, 2.45) is 17.8 Å². The van der Waals surface area contributed by atoms with Crippen LogP contribution in [0.4, 0.5) is 20.5 Å². The number of anilines is 2. The Morgan fingerprint density at radius 3 is 2.61 bits per heavy atom. The maximum Gasteiger partial charge on any atom is 0.303 e. The van der Waals surface area contributed by atoms with Gasteiger partial charge < -0.3 is 14.9 Å². The zero-order chi connectivity index (χ0) is 19.6. The van der Waals surface area contributed by atoms with Gasteiger partial charge in [-0.05, 0) is 50.4 Å². The summed E-state index contributed by atoms with van der Waals surface area (Å²) in [4.78, 5) is 24.3. The van der Waals surface area contributed by atoms with E-state index in [1.165, 1.54) is 0 Å². The second-order valence-electron chi connectivity index (χ2n) is 8.91. The van der Waals surface area contributed by atoms with Gasteiger partial charge in [-0.25, -0.2) is 4.98 Å². The summed E-state index contributed by atoms with van der Waals surface area (Å²) in [7, 11) is 0. The molecule has 4 aliphatic rings. The molecule has 28 heavy (non-hydrogen) atoms. The Morgan fingerprint density at radius 2 is 2.00 bits per heavy atom. The van der Waals surface area contributed by atoms with Crippen molar-refractivity contribution in [2.75, 3.05) is 29.4 Å². The summed E-state index contributed by atoms with van der Waals surface area (Å²) in [5, 5.41) is 9.04. The number of carboxylic acids is 1. The van der Waals surface area contributed by atoms with Crippen LogP contribution in [-0.4, -0.2) is 46.7 Å². The molecular formula is C20H26F2N4O2. The lowest BCUT2D eigenvalue weighted by atomic mass is 10.0. The lowest BCUT2D eigenvalue weighted by Crippen LogP contribution is -2.47. The first-order valence-electron chi connectivity index (χ1n) is 10.4. The van der Waals surface area contributed by atoms with Crippen LogP contribution in [0.3, 0.4) is 0 Å². The SMILES string of the molecule is C[C@@H]1CCN1c1nc(N2C[C@@H]3C(CC(=O)O)[C@@H]3C2)c2c(n1)C(F)(F)CCCC2. The van der Waals surface area contributed by atoms with Crippen molar-refractivity contribution in [2.45, 2.75) is 57.4 Å². The number of hydrogen-bond donors (Lipinski definition) is 1. The summed E-state index contributed by atoms with van der Waals surface area (Å²) in [6.45, 7) is 4.30. The molecule has 2 aliphatic carbocycles. The molecule has 1 aromatic heterocycles. The molecule has 3 heterocycles. The van der Waals surface area contributed by atoms with Crippen molar-refractivity contribution >= 4 is 17.7 Å². The molecule has 0 bridgehead atoms. The van der Waals surface area contributed by atoms with Gasteiger partial charge in [0.05, 0.1) is 0 Å². The fourth-order valence-electron chi connectivity index (χ4n) is 5.29. The number of carboxylic acid groups (broad SMARTS) is 1. The molecule has 152 valence electrons. The van der Waals surface area contributed by atoms with Crippen LogP contribution in [0.1, 0.15) is 50.3 Å². The van der Waals surface area contributed by atoms with Gasteiger partial charge in [-0.2, -0.15) is 13.8 Å². The monoisotopic (exact) mass is 392 g/mol. The second kappa shape index (κ2) is 6.26. The van der Waals surface area contributed by atoms with Crippen molar-refractivity contribution in [1.82, 2.24) is 9.97 Å². The summed E-state index contributed by atoms with van der Waals surface area (Å²) < 4.78 is 29.8. The molecule has 3 fully saturated rings. The Labute approximate surface area is 162 Å². The Hall–Kier alpha value is -1.99. The van der Waals surface area contributed by atoms with E-state index in [1.807, 2.05) is 4.90 Å². The van der Waals surface area contributed by atoms with Crippen molar-refractivity contribution in [3.8, 4) is 0 Å². The standard InChI is InChI=1S/C20H26F2N4O2/c1-11-5-7-26(11)19-23-17-12(4-2-3-6-20(17,21)22)18(24-19)25-9-14-13(8-16(27)28)15(14)10-25/h11,13-15H,2-10H2,1H3,(H,27,28)/t11-,13?,14-,15+/m1/s1. The number of hydrogen-bond acceptors (Lipinski definition) is 5. The molecule has 8 heteroatoms. The number of aromatic nitrogens is 2. The summed E-state index contributed by atoms with van der Waals surface area (Å²) in [5.41, 5.74) is 0.530. The lowest BCUT2D eigenvalue weighted by Gasteiger charge is -2.39. The smallest absolute Gasteiger partial charge is 0.303 e. The van der Waals surface area contributed by atoms with E-state index >= 15 is 0 Å². The maximum absolute atomic E-state index is 14.9. The van der Waals surface area contributed by atoms with Crippen LogP contribution >= 0.6 is 0 Å². The molecule has 1 N–H and O–H groups in total. The number of carbonyl (C=O) groups is 1. The number of alkyl halides is 2. The van der Waals surface area contributed by atoms with Gasteiger partial charge in [0, 0.05) is 44.1 Å². The van der Waals surface area contributed by atoms with E-state index in [1.54, 1.807) is 0 Å². The average Bonchev–Trinajstić information content (AvgIpc) is 3.10. The minimum absolute atomic E-state index is 0.0771. The van der Waals surface area contributed by atoms with Crippen LogP contribution < -0.4 is 9.80 Å². The Kier molecular flexibility index (Phi) is 4.04. The van der Waals surface area contributed by atoms with E-state index < -0.39 is 11.9 Å². The van der Waals surface area contributed by atoms with Gasteiger partial charge in [0.1, 0.15) is 11.5 Å². The molecule has 2 saturated heterocycles. The minimum atomic E-state index is -2.92. The number of nitrogens with zero attached hydrogens (tertiary/aromatic N) is 4. The first-order valence-corrected chi connectivity index (χ1v) is 10.4. The first-order chi connectivity index (χ1) is 13.3.